The minimum Gasteiger partial charge on any atom is -0.327 e. The summed E-state index contributed by atoms with van der Waals surface area (Å²) in [6.07, 6.45) is 5.33. The van der Waals surface area contributed by atoms with E-state index in [0.29, 0.717) is 0 Å². The molecule has 1 aromatic heterocycles. The van der Waals surface area contributed by atoms with Crippen LogP contribution in [0.25, 0.3) is 0 Å². The Morgan fingerprint density at radius 1 is 1.30 bits per heavy atom. The number of halogens is 1. The first-order valence-corrected chi connectivity index (χ1v) is 7.79. The Balaban J connectivity index is 2.26. The summed E-state index contributed by atoms with van der Waals surface area (Å²) in [6.45, 7) is 4.05. The number of aromatic nitrogens is 2. The van der Waals surface area contributed by atoms with Crippen molar-refractivity contribution in [2.45, 2.75) is 42.8 Å². The lowest BCUT2D eigenvalue weighted by atomic mass is 10.0. The highest BCUT2D eigenvalue weighted by Gasteiger charge is 2.12. The third kappa shape index (κ3) is 3.95. The molecule has 0 aliphatic rings. The lowest BCUT2D eigenvalue weighted by Gasteiger charge is -2.14. The molecule has 0 bridgehead atoms. The van der Waals surface area contributed by atoms with E-state index in [9.17, 15) is 0 Å². The predicted molar refractivity (Wildman–Crippen MR) is 84.3 cm³/mol. The second-order valence-electron chi connectivity index (χ2n) is 4.73. The van der Waals surface area contributed by atoms with Crippen molar-refractivity contribution in [3.05, 3.63) is 46.7 Å². The first-order chi connectivity index (χ1) is 9.60. The van der Waals surface area contributed by atoms with E-state index in [2.05, 4.69) is 16.9 Å². The Hall–Kier alpha value is -1.10. The van der Waals surface area contributed by atoms with Crippen LogP contribution in [-0.4, -0.2) is 16.0 Å². The molecular weight excluding hydrogens is 290 g/mol. The molecule has 0 aliphatic heterocycles. The van der Waals surface area contributed by atoms with Crippen molar-refractivity contribution in [3.63, 3.8) is 0 Å². The van der Waals surface area contributed by atoms with E-state index in [1.54, 1.807) is 0 Å². The average Bonchev–Trinajstić information content (AvgIpc) is 2.45. The van der Waals surface area contributed by atoms with E-state index in [0.717, 1.165) is 39.0 Å². The number of nitrogens with two attached hydrogens (primary N) is 1. The molecule has 2 N–H and O–H groups in total. The summed E-state index contributed by atoms with van der Waals surface area (Å²) in [6, 6.07) is 6.00. The molecule has 106 valence electrons. The fourth-order valence-corrected chi connectivity index (χ4v) is 2.95. The van der Waals surface area contributed by atoms with Crippen molar-refractivity contribution in [3.8, 4) is 0 Å². The third-order valence-electron chi connectivity index (χ3n) is 3.03. The Bertz CT molecular complexity index is 572. The van der Waals surface area contributed by atoms with Gasteiger partial charge in [-0.2, -0.15) is 0 Å². The molecule has 0 amide bonds. The molecule has 3 nitrogen and oxygen atoms in total. The van der Waals surface area contributed by atoms with Gasteiger partial charge in [0.05, 0.1) is 0 Å². The highest BCUT2D eigenvalue weighted by molar-refractivity contribution is 7.99. The van der Waals surface area contributed by atoms with Crippen molar-refractivity contribution >= 4 is 23.4 Å². The molecule has 20 heavy (non-hydrogen) atoms. The highest BCUT2D eigenvalue weighted by Crippen LogP contribution is 2.32. The topological polar surface area (TPSA) is 51.8 Å². The van der Waals surface area contributed by atoms with Gasteiger partial charge in [-0.3, -0.25) is 0 Å². The fraction of sp³-hybridized carbons (Fsp3) is 0.333. The number of nitrogens with zero attached hydrogens (tertiary/aromatic N) is 2. The molecule has 2 rings (SSSR count). The van der Waals surface area contributed by atoms with Crippen molar-refractivity contribution in [1.29, 1.82) is 0 Å². The first kappa shape index (κ1) is 15.3. The standard InChI is InChI=1S/C15H18ClN3S/c1-3-11(17)7-12-13(16)5-4-6-14(12)20-15-18-8-10(2)9-19-15/h4-6,8-9,11H,3,7,17H2,1-2H3. The van der Waals surface area contributed by atoms with E-state index < -0.39 is 0 Å². The van der Waals surface area contributed by atoms with Crippen LogP contribution in [0.3, 0.4) is 0 Å². The molecule has 0 radical (unpaired) electrons. The molecule has 1 heterocycles. The second kappa shape index (κ2) is 7.07. The molecular formula is C15H18ClN3S. The number of hydrogen-bond acceptors (Lipinski definition) is 4. The number of benzene rings is 1. The zero-order chi connectivity index (χ0) is 14.5. The molecule has 0 saturated heterocycles. The van der Waals surface area contributed by atoms with Crippen LogP contribution in [0.15, 0.2) is 40.6 Å². The normalized spacial score (nSPS) is 12.4. The van der Waals surface area contributed by atoms with Gasteiger partial charge >= 0.3 is 0 Å². The van der Waals surface area contributed by atoms with Crippen molar-refractivity contribution < 1.29 is 0 Å². The lowest BCUT2D eigenvalue weighted by Crippen LogP contribution is -2.21. The van der Waals surface area contributed by atoms with Gasteiger partial charge in [0.25, 0.3) is 0 Å². The number of hydrogen-bond donors (Lipinski definition) is 1. The largest absolute Gasteiger partial charge is 0.327 e. The van der Waals surface area contributed by atoms with Crippen molar-refractivity contribution in [2.24, 2.45) is 5.73 Å². The van der Waals surface area contributed by atoms with Crippen LogP contribution in [0.4, 0.5) is 0 Å². The van der Waals surface area contributed by atoms with Crippen molar-refractivity contribution in [2.75, 3.05) is 0 Å². The minimum absolute atomic E-state index is 0.119. The summed E-state index contributed by atoms with van der Waals surface area (Å²) < 4.78 is 0. The van der Waals surface area contributed by atoms with Crippen molar-refractivity contribution in [1.82, 2.24) is 9.97 Å². The van der Waals surface area contributed by atoms with Gasteiger partial charge in [0.15, 0.2) is 5.16 Å². The summed E-state index contributed by atoms with van der Waals surface area (Å²) in [5.74, 6) is 0. The molecule has 0 saturated carbocycles. The van der Waals surface area contributed by atoms with E-state index in [-0.39, 0.29) is 6.04 Å². The van der Waals surface area contributed by atoms with Gasteiger partial charge < -0.3 is 5.73 Å². The van der Waals surface area contributed by atoms with Gasteiger partial charge in [0, 0.05) is 28.4 Å². The highest BCUT2D eigenvalue weighted by atomic mass is 35.5. The maximum absolute atomic E-state index is 6.31. The van der Waals surface area contributed by atoms with Gasteiger partial charge in [0.2, 0.25) is 0 Å². The van der Waals surface area contributed by atoms with E-state index in [1.807, 2.05) is 37.5 Å². The lowest BCUT2D eigenvalue weighted by molar-refractivity contribution is 0.641. The van der Waals surface area contributed by atoms with Crippen LogP contribution in [0.1, 0.15) is 24.5 Å². The van der Waals surface area contributed by atoms with Gasteiger partial charge in [-0.25, -0.2) is 9.97 Å². The molecule has 5 heteroatoms. The monoisotopic (exact) mass is 307 g/mol. The smallest absolute Gasteiger partial charge is 0.192 e. The van der Waals surface area contributed by atoms with E-state index in [1.165, 1.54) is 11.8 Å². The van der Waals surface area contributed by atoms with Gasteiger partial charge in [-0.15, -0.1) is 0 Å². The second-order valence-corrected chi connectivity index (χ2v) is 6.15. The van der Waals surface area contributed by atoms with Crippen LogP contribution in [0.2, 0.25) is 5.02 Å². The summed E-state index contributed by atoms with van der Waals surface area (Å²) in [7, 11) is 0. The molecule has 0 spiro atoms. The third-order valence-corrected chi connectivity index (χ3v) is 4.37. The zero-order valence-corrected chi connectivity index (χ0v) is 13.2. The van der Waals surface area contributed by atoms with Crippen LogP contribution < -0.4 is 5.73 Å². The summed E-state index contributed by atoms with van der Waals surface area (Å²) in [5, 5.41) is 1.48. The maximum Gasteiger partial charge on any atom is 0.192 e. The molecule has 1 aromatic carbocycles. The Morgan fingerprint density at radius 2 is 2.00 bits per heavy atom. The van der Waals surface area contributed by atoms with Crippen LogP contribution in [-0.2, 0) is 6.42 Å². The quantitative estimate of drug-likeness (QED) is 0.852. The predicted octanol–water partition coefficient (Wildman–Crippen LogP) is 3.87. The Labute approximate surface area is 129 Å². The van der Waals surface area contributed by atoms with Crippen LogP contribution >= 0.6 is 23.4 Å². The summed E-state index contributed by atoms with van der Waals surface area (Å²) in [5.41, 5.74) is 8.19. The Kier molecular flexibility index (Phi) is 5.40. The molecule has 1 atom stereocenters. The SMILES string of the molecule is CCC(N)Cc1c(Cl)cccc1Sc1ncc(C)cn1. The van der Waals surface area contributed by atoms with Gasteiger partial charge in [-0.05, 0) is 54.8 Å². The maximum atomic E-state index is 6.31. The molecule has 0 fully saturated rings. The summed E-state index contributed by atoms with van der Waals surface area (Å²) >= 11 is 7.84. The molecule has 1 unspecified atom stereocenters. The summed E-state index contributed by atoms with van der Waals surface area (Å²) in [4.78, 5) is 9.72. The van der Waals surface area contributed by atoms with Gasteiger partial charge in [0.1, 0.15) is 0 Å². The average molecular weight is 308 g/mol. The van der Waals surface area contributed by atoms with Gasteiger partial charge in [-0.1, -0.05) is 24.6 Å². The number of rotatable bonds is 5. The fourth-order valence-electron chi connectivity index (χ4n) is 1.77. The number of aryl methyl sites for hydroxylation is 1. The van der Waals surface area contributed by atoms with Crippen LogP contribution in [0, 0.1) is 6.92 Å². The zero-order valence-electron chi connectivity index (χ0n) is 11.6. The minimum atomic E-state index is 0.119. The van der Waals surface area contributed by atoms with E-state index in [4.69, 9.17) is 17.3 Å². The van der Waals surface area contributed by atoms with E-state index >= 15 is 0 Å². The first-order valence-electron chi connectivity index (χ1n) is 6.59. The van der Waals surface area contributed by atoms with Crippen LogP contribution in [0.5, 0.6) is 0 Å². The molecule has 0 aliphatic carbocycles. The Morgan fingerprint density at radius 3 is 2.65 bits per heavy atom. The molecule has 2 aromatic rings.